The first-order chi connectivity index (χ1) is 12.1. The van der Waals surface area contributed by atoms with Gasteiger partial charge in [0.15, 0.2) is 0 Å². The van der Waals surface area contributed by atoms with E-state index in [-0.39, 0.29) is 23.6 Å². The number of anilines is 1. The number of nitrogens with zero attached hydrogens (tertiary/aromatic N) is 2. The fourth-order valence-corrected chi connectivity index (χ4v) is 4.33. The van der Waals surface area contributed by atoms with Crippen molar-refractivity contribution in [2.24, 2.45) is 5.92 Å². The van der Waals surface area contributed by atoms with Gasteiger partial charge in [-0.25, -0.2) is 0 Å². The number of benzene rings is 2. The molecule has 0 saturated heterocycles. The van der Waals surface area contributed by atoms with Crippen LogP contribution in [0.2, 0.25) is 0 Å². The molecule has 0 fully saturated rings. The van der Waals surface area contributed by atoms with Gasteiger partial charge in [-0.15, -0.1) is 0 Å². The van der Waals surface area contributed by atoms with E-state index in [2.05, 4.69) is 51.6 Å². The van der Waals surface area contributed by atoms with E-state index in [4.69, 9.17) is 0 Å². The minimum Gasteiger partial charge on any atom is -0.377 e. The summed E-state index contributed by atoms with van der Waals surface area (Å²) in [6.07, 6.45) is 5.14. The number of nitro benzene ring substituents is 1. The van der Waals surface area contributed by atoms with Crippen molar-refractivity contribution in [2.45, 2.75) is 18.4 Å². The molecule has 25 heavy (non-hydrogen) atoms. The van der Waals surface area contributed by atoms with Crippen LogP contribution in [-0.4, -0.2) is 4.92 Å². The lowest BCUT2D eigenvalue weighted by Gasteiger charge is -2.37. The normalized spacial score (nSPS) is 23.3. The van der Waals surface area contributed by atoms with E-state index < -0.39 is 4.92 Å². The molecular weight excluding hydrogens is 382 g/mol. The number of allylic oxidation sites excluding steroid dienone is 2. The molecule has 2 aromatic carbocycles. The van der Waals surface area contributed by atoms with Gasteiger partial charge in [-0.1, -0.05) is 40.2 Å². The van der Waals surface area contributed by atoms with Crippen molar-refractivity contribution in [3.63, 3.8) is 0 Å². The molecule has 0 unspecified atom stereocenters. The Hall–Kier alpha value is -2.65. The van der Waals surface area contributed by atoms with Crippen LogP contribution >= 0.6 is 15.9 Å². The summed E-state index contributed by atoms with van der Waals surface area (Å²) in [4.78, 5) is 10.8. The van der Waals surface area contributed by atoms with Crippen molar-refractivity contribution in [3.8, 4) is 6.07 Å². The second-order valence-electron chi connectivity index (χ2n) is 6.36. The molecule has 3 atom stereocenters. The Labute approximate surface area is 153 Å². The van der Waals surface area contributed by atoms with Crippen molar-refractivity contribution >= 4 is 27.3 Å². The number of rotatable bonds is 2. The molecule has 0 saturated carbocycles. The second kappa shape index (κ2) is 6.01. The average Bonchev–Trinajstić information content (AvgIpc) is 3.10. The minimum absolute atomic E-state index is 0.0305. The molecule has 0 aromatic heterocycles. The molecule has 4 rings (SSSR count). The molecule has 0 spiro atoms. The average molecular weight is 396 g/mol. The first kappa shape index (κ1) is 15.9. The van der Waals surface area contributed by atoms with Crippen LogP contribution in [0.15, 0.2) is 53.0 Å². The van der Waals surface area contributed by atoms with Crippen molar-refractivity contribution in [3.05, 3.63) is 79.8 Å². The predicted octanol–water partition coefficient (Wildman–Crippen LogP) is 5.06. The van der Waals surface area contributed by atoms with Crippen molar-refractivity contribution in [2.75, 3.05) is 5.32 Å². The summed E-state index contributed by atoms with van der Waals surface area (Å²) in [5.41, 5.74) is 2.99. The predicted molar refractivity (Wildman–Crippen MR) is 98.3 cm³/mol. The third-order valence-corrected chi connectivity index (χ3v) is 5.49. The summed E-state index contributed by atoms with van der Waals surface area (Å²) in [5, 5.41) is 24.2. The van der Waals surface area contributed by atoms with Crippen LogP contribution in [0.3, 0.4) is 0 Å². The second-order valence-corrected chi connectivity index (χ2v) is 7.27. The van der Waals surface area contributed by atoms with E-state index in [1.165, 1.54) is 6.07 Å². The van der Waals surface area contributed by atoms with Crippen LogP contribution in [0.25, 0.3) is 0 Å². The SMILES string of the molecule is N#Cc1cc([N+](=O)[O-])cc2c1N[C@@H](c1cccc(Br)c1)[C@H]1CC=C[C@@H]21. The van der Waals surface area contributed by atoms with Crippen LogP contribution in [0.1, 0.15) is 35.1 Å². The summed E-state index contributed by atoms with van der Waals surface area (Å²) >= 11 is 3.52. The Morgan fingerprint density at radius 1 is 1.32 bits per heavy atom. The lowest BCUT2D eigenvalue weighted by atomic mass is 9.76. The van der Waals surface area contributed by atoms with Crippen LogP contribution in [-0.2, 0) is 0 Å². The largest absolute Gasteiger partial charge is 0.377 e. The first-order valence-electron chi connectivity index (χ1n) is 7.99. The van der Waals surface area contributed by atoms with E-state index in [0.717, 1.165) is 22.0 Å². The number of nitrogens with one attached hydrogen (secondary N) is 1. The van der Waals surface area contributed by atoms with Gasteiger partial charge in [0.05, 0.1) is 22.2 Å². The molecule has 124 valence electrons. The highest BCUT2D eigenvalue weighted by atomic mass is 79.9. The third kappa shape index (κ3) is 2.61. The Kier molecular flexibility index (Phi) is 3.81. The number of hydrogen-bond acceptors (Lipinski definition) is 4. The van der Waals surface area contributed by atoms with Crippen molar-refractivity contribution in [1.29, 1.82) is 5.26 Å². The minimum atomic E-state index is -0.435. The molecule has 5 nitrogen and oxygen atoms in total. The number of hydrogen-bond donors (Lipinski definition) is 1. The summed E-state index contributed by atoms with van der Waals surface area (Å²) in [6.45, 7) is 0. The highest BCUT2D eigenvalue weighted by Crippen LogP contribution is 2.51. The van der Waals surface area contributed by atoms with Crippen molar-refractivity contribution < 1.29 is 4.92 Å². The molecule has 1 N–H and O–H groups in total. The van der Waals surface area contributed by atoms with Gasteiger partial charge in [-0.3, -0.25) is 10.1 Å². The van der Waals surface area contributed by atoms with Crippen LogP contribution in [0, 0.1) is 27.4 Å². The Bertz CT molecular complexity index is 948. The third-order valence-electron chi connectivity index (χ3n) is 4.99. The monoisotopic (exact) mass is 395 g/mol. The highest BCUT2D eigenvalue weighted by molar-refractivity contribution is 9.10. The smallest absolute Gasteiger partial charge is 0.271 e. The Morgan fingerprint density at radius 2 is 2.16 bits per heavy atom. The zero-order chi connectivity index (χ0) is 17.6. The maximum Gasteiger partial charge on any atom is 0.271 e. The summed E-state index contributed by atoms with van der Waals surface area (Å²) in [7, 11) is 0. The quantitative estimate of drug-likeness (QED) is 0.438. The number of nitriles is 1. The van der Waals surface area contributed by atoms with Crippen LogP contribution in [0.5, 0.6) is 0 Å². The molecule has 6 heteroatoms. The van der Waals surface area contributed by atoms with Gasteiger partial charge in [0.1, 0.15) is 6.07 Å². The zero-order valence-corrected chi connectivity index (χ0v) is 14.7. The van der Waals surface area contributed by atoms with Crippen LogP contribution < -0.4 is 5.32 Å². The summed E-state index contributed by atoms with van der Waals surface area (Å²) in [5.74, 6) is 0.350. The van der Waals surface area contributed by atoms with E-state index in [0.29, 0.717) is 11.3 Å². The Balaban J connectivity index is 1.87. The molecular formula is C19H14BrN3O2. The molecule has 1 aliphatic carbocycles. The fourth-order valence-electron chi connectivity index (χ4n) is 3.91. The topological polar surface area (TPSA) is 79.0 Å². The van der Waals surface area contributed by atoms with Crippen LogP contribution in [0.4, 0.5) is 11.4 Å². The first-order valence-corrected chi connectivity index (χ1v) is 8.79. The van der Waals surface area contributed by atoms with Gasteiger partial charge in [-0.05, 0) is 35.6 Å². The van der Waals surface area contributed by atoms with Crippen molar-refractivity contribution in [1.82, 2.24) is 0 Å². The molecule has 0 amide bonds. The van der Waals surface area contributed by atoms with E-state index in [1.807, 2.05) is 12.1 Å². The van der Waals surface area contributed by atoms with E-state index in [1.54, 1.807) is 6.07 Å². The van der Waals surface area contributed by atoms with Gasteiger partial charge in [-0.2, -0.15) is 5.26 Å². The van der Waals surface area contributed by atoms with E-state index >= 15 is 0 Å². The number of nitro groups is 1. The molecule has 0 bridgehead atoms. The van der Waals surface area contributed by atoms with Gasteiger partial charge in [0, 0.05) is 22.5 Å². The molecule has 2 aliphatic rings. The summed E-state index contributed by atoms with van der Waals surface area (Å²) in [6, 6.07) is 13.2. The number of fused-ring (bicyclic) bond motifs is 3. The highest BCUT2D eigenvalue weighted by Gasteiger charge is 2.39. The van der Waals surface area contributed by atoms with Gasteiger partial charge >= 0.3 is 0 Å². The fraction of sp³-hybridized carbons (Fsp3) is 0.211. The van der Waals surface area contributed by atoms with E-state index in [9.17, 15) is 15.4 Å². The molecule has 2 aromatic rings. The molecule has 1 aliphatic heterocycles. The Morgan fingerprint density at radius 3 is 2.88 bits per heavy atom. The number of halogens is 1. The van der Waals surface area contributed by atoms with Gasteiger partial charge in [0.2, 0.25) is 0 Å². The standard InChI is InChI=1S/C19H14BrN3O2/c20-13-4-1-3-11(7-13)18-16-6-2-5-15(16)17-9-14(23(24)25)8-12(10-21)19(17)22-18/h1-5,7-9,15-16,18,22H,6H2/t15-,16+,18+/m1/s1. The zero-order valence-electron chi connectivity index (χ0n) is 13.1. The van der Waals surface area contributed by atoms with Gasteiger partial charge in [0.25, 0.3) is 5.69 Å². The summed E-state index contributed by atoms with van der Waals surface area (Å²) < 4.78 is 1.00. The lowest BCUT2D eigenvalue weighted by molar-refractivity contribution is -0.384. The maximum atomic E-state index is 11.2. The maximum absolute atomic E-state index is 11.2. The number of non-ortho nitro benzene ring substituents is 1. The molecule has 0 radical (unpaired) electrons. The van der Waals surface area contributed by atoms with Gasteiger partial charge < -0.3 is 5.32 Å². The lowest BCUT2D eigenvalue weighted by Crippen LogP contribution is -2.29. The molecule has 1 heterocycles.